The van der Waals surface area contributed by atoms with E-state index in [-0.39, 0.29) is 6.04 Å². The number of aliphatic carboxylic acids is 1. The summed E-state index contributed by atoms with van der Waals surface area (Å²) in [6.07, 6.45) is 2.50. The van der Waals surface area contributed by atoms with Gasteiger partial charge in [0.25, 0.3) is 0 Å². The average Bonchev–Trinajstić information content (AvgIpc) is 2.00. The van der Waals surface area contributed by atoms with E-state index in [0.717, 1.165) is 0 Å². The van der Waals surface area contributed by atoms with Crippen LogP contribution in [0.25, 0.3) is 0 Å². The van der Waals surface area contributed by atoms with Crippen LogP contribution in [0.1, 0.15) is 12.8 Å². The Morgan fingerprint density at radius 3 is 2.58 bits per heavy atom. The van der Waals surface area contributed by atoms with Gasteiger partial charge < -0.3 is 16.6 Å². The summed E-state index contributed by atoms with van der Waals surface area (Å²) < 4.78 is 0. The maximum atomic E-state index is 10.3. The first kappa shape index (κ1) is 10.9. The number of hydrogen-bond donors (Lipinski definition) is 3. The Hall–Kier alpha value is -1.09. The molecule has 0 rings (SSSR count). The molecular weight excluding hydrogens is 156 g/mol. The van der Waals surface area contributed by atoms with Crippen molar-refractivity contribution in [2.75, 3.05) is 0 Å². The average molecular weight is 170 g/mol. The van der Waals surface area contributed by atoms with Gasteiger partial charge in [0.05, 0.1) is 0 Å². The fraction of sp³-hybridized carbons (Fsp3) is 0.500. The fourth-order valence-corrected chi connectivity index (χ4v) is 0.730. The Morgan fingerprint density at radius 1 is 1.58 bits per heavy atom. The standard InChI is InChI=1S/C8H14N2O2/c1-2-3-6(9)4-5-7(10)8(11)12/h3,6-7H,1,4-5,9-10H2,(H,11,12)/t6?,7-/m0/s1. The van der Waals surface area contributed by atoms with E-state index in [4.69, 9.17) is 16.6 Å². The molecule has 0 bridgehead atoms. The van der Waals surface area contributed by atoms with Gasteiger partial charge in [0, 0.05) is 6.04 Å². The zero-order valence-electron chi connectivity index (χ0n) is 6.86. The van der Waals surface area contributed by atoms with Crippen molar-refractivity contribution >= 4 is 5.97 Å². The molecule has 0 aliphatic heterocycles. The largest absolute Gasteiger partial charge is 0.480 e. The summed E-state index contributed by atoms with van der Waals surface area (Å²) in [5.41, 5.74) is 13.3. The van der Waals surface area contributed by atoms with Crippen LogP contribution < -0.4 is 11.5 Å². The summed E-state index contributed by atoms with van der Waals surface area (Å²) in [4.78, 5) is 10.3. The van der Waals surface area contributed by atoms with Crippen molar-refractivity contribution in [1.82, 2.24) is 0 Å². The maximum Gasteiger partial charge on any atom is 0.320 e. The molecule has 0 fully saturated rings. The maximum absolute atomic E-state index is 10.3. The van der Waals surface area contributed by atoms with Crippen LogP contribution in [0.15, 0.2) is 18.4 Å². The van der Waals surface area contributed by atoms with Crippen LogP contribution in [-0.4, -0.2) is 23.2 Å². The van der Waals surface area contributed by atoms with Gasteiger partial charge in [0.1, 0.15) is 6.04 Å². The van der Waals surface area contributed by atoms with Gasteiger partial charge in [-0.15, -0.1) is 5.73 Å². The SMILES string of the molecule is C=C=CC(N)CC[C@H](N)C(=O)O. The van der Waals surface area contributed by atoms with Crippen LogP contribution in [0.2, 0.25) is 0 Å². The highest BCUT2D eigenvalue weighted by Crippen LogP contribution is 1.98. The molecule has 0 spiro atoms. The molecule has 0 radical (unpaired) electrons. The summed E-state index contributed by atoms with van der Waals surface area (Å²) in [6, 6.07) is -1.03. The molecule has 1 unspecified atom stereocenters. The zero-order chi connectivity index (χ0) is 9.56. The van der Waals surface area contributed by atoms with Crippen molar-refractivity contribution in [3.8, 4) is 0 Å². The molecule has 0 aromatic carbocycles. The molecule has 68 valence electrons. The van der Waals surface area contributed by atoms with E-state index in [1.165, 1.54) is 0 Å². The Morgan fingerprint density at radius 2 is 2.17 bits per heavy atom. The predicted octanol–water partition coefficient (Wildman–Crippen LogP) is -0.153. The number of carboxylic acids is 1. The fourth-order valence-electron chi connectivity index (χ4n) is 0.730. The highest BCUT2D eigenvalue weighted by atomic mass is 16.4. The lowest BCUT2D eigenvalue weighted by molar-refractivity contribution is -0.138. The van der Waals surface area contributed by atoms with Crippen molar-refractivity contribution in [2.45, 2.75) is 24.9 Å². The number of carbonyl (C=O) groups is 1. The monoisotopic (exact) mass is 170 g/mol. The molecule has 12 heavy (non-hydrogen) atoms. The highest BCUT2D eigenvalue weighted by molar-refractivity contribution is 5.72. The lowest BCUT2D eigenvalue weighted by Gasteiger charge is -2.08. The van der Waals surface area contributed by atoms with Gasteiger partial charge in [0.15, 0.2) is 0 Å². The van der Waals surface area contributed by atoms with Gasteiger partial charge in [-0.25, -0.2) is 0 Å². The minimum absolute atomic E-state index is 0.201. The molecule has 4 nitrogen and oxygen atoms in total. The van der Waals surface area contributed by atoms with Crippen LogP contribution >= 0.6 is 0 Å². The topological polar surface area (TPSA) is 89.3 Å². The quantitative estimate of drug-likeness (QED) is 0.500. The third-order valence-electron chi connectivity index (χ3n) is 1.46. The van der Waals surface area contributed by atoms with E-state index in [1.54, 1.807) is 6.08 Å². The van der Waals surface area contributed by atoms with Crippen molar-refractivity contribution in [3.63, 3.8) is 0 Å². The summed E-state index contributed by atoms with van der Waals surface area (Å²) in [5, 5.41) is 8.42. The third kappa shape index (κ3) is 4.68. The van der Waals surface area contributed by atoms with Crippen molar-refractivity contribution in [1.29, 1.82) is 0 Å². The van der Waals surface area contributed by atoms with Crippen molar-refractivity contribution in [2.24, 2.45) is 11.5 Å². The van der Waals surface area contributed by atoms with Gasteiger partial charge in [0.2, 0.25) is 0 Å². The first-order valence-electron chi connectivity index (χ1n) is 3.68. The first-order valence-corrected chi connectivity index (χ1v) is 3.68. The molecule has 5 N–H and O–H groups in total. The Bertz CT molecular complexity index is 189. The summed E-state index contributed by atoms with van der Waals surface area (Å²) in [6.45, 7) is 3.35. The lowest BCUT2D eigenvalue weighted by atomic mass is 10.1. The molecule has 0 aliphatic carbocycles. The van der Waals surface area contributed by atoms with Crippen molar-refractivity contribution < 1.29 is 9.90 Å². The first-order chi connectivity index (χ1) is 5.57. The Balaban J connectivity index is 3.67. The molecule has 4 heteroatoms. The zero-order valence-corrected chi connectivity index (χ0v) is 6.86. The van der Waals surface area contributed by atoms with E-state index in [9.17, 15) is 4.79 Å². The molecular formula is C8H14N2O2. The molecule has 0 aromatic rings. The Labute approximate surface area is 71.6 Å². The third-order valence-corrected chi connectivity index (χ3v) is 1.46. The predicted molar refractivity (Wildman–Crippen MR) is 46.5 cm³/mol. The van der Waals surface area contributed by atoms with Gasteiger partial charge in [-0.3, -0.25) is 4.79 Å². The van der Waals surface area contributed by atoms with Crippen LogP contribution in [0.4, 0.5) is 0 Å². The highest BCUT2D eigenvalue weighted by Gasteiger charge is 2.11. The second-order valence-corrected chi connectivity index (χ2v) is 2.56. The smallest absolute Gasteiger partial charge is 0.320 e. The van der Waals surface area contributed by atoms with E-state index in [1.807, 2.05) is 0 Å². The molecule has 0 aliphatic rings. The molecule has 0 saturated carbocycles. The van der Waals surface area contributed by atoms with Crippen LogP contribution in [0.3, 0.4) is 0 Å². The van der Waals surface area contributed by atoms with Crippen LogP contribution in [-0.2, 0) is 4.79 Å². The van der Waals surface area contributed by atoms with E-state index in [0.29, 0.717) is 12.8 Å². The molecule has 2 atom stereocenters. The molecule has 0 heterocycles. The number of hydrogen-bond acceptors (Lipinski definition) is 3. The lowest BCUT2D eigenvalue weighted by Crippen LogP contribution is -2.32. The van der Waals surface area contributed by atoms with Gasteiger partial charge >= 0.3 is 5.97 Å². The number of rotatable bonds is 5. The van der Waals surface area contributed by atoms with E-state index in [2.05, 4.69) is 12.3 Å². The molecule has 0 aromatic heterocycles. The summed E-state index contributed by atoms with van der Waals surface area (Å²) in [7, 11) is 0. The minimum atomic E-state index is -0.996. The number of nitrogens with two attached hydrogens (primary N) is 2. The normalized spacial score (nSPS) is 14.5. The van der Waals surface area contributed by atoms with E-state index < -0.39 is 12.0 Å². The van der Waals surface area contributed by atoms with Crippen LogP contribution in [0.5, 0.6) is 0 Å². The number of carboxylic acid groups (broad SMARTS) is 1. The minimum Gasteiger partial charge on any atom is -0.480 e. The van der Waals surface area contributed by atoms with E-state index >= 15 is 0 Å². The molecule has 0 saturated heterocycles. The molecule has 0 amide bonds. The Kier molecular flexibility index (Phi) is 5.04. The van der Waals surface area contributed by atoms with Crippen LogP contribution in [0, 0.1) is 0 Å². The summed E-state index contributed by atoms with van der Waals surface area (Å²) >= 11 is 0. The summed E-state index contributed by atoms with van der Waals surface area (Å²) in [5.74, 6) is -0.996. The second-order valence-electron chi connectivity index (χ2n) is 2.56. The van der Waals surface area contributed by atoms with Gasteiger partial charge in [-0.1, -0.05) is 6.58 Å². The van der Waals surface area contributed by atoms with Crippen molar-refractivity contribution in [3.05, 3.63) is 18.4 Å². The van der Waals surface area contributed by atoms with Gasteiger partial charge in [-0.2, -0.15) is 0 Å². The second kappa shape index (κ2) is 5.55. The van der Waals surface area contributed by atoms with Gasteiger partial charge in [-0.05, 0) is 18.9 Å².